The van der Waals surface area contributed by atoms with E-state index in [-0.39, 0.29) is 0 Å². The minimum Gasteiger partial charge on any atom is -0.314 e. The Kier molecular flexibility index (Phi) is 3.76. The monoisotopic (exact) mass is 273 g/mol. The van der Waals surface area contributed by atoms with Crippen LogP contribution in [0.3, 0.4) is 0 Å². The fourth-order valence-corrected chi connectivity index (χ4v) is 2.60. The van der Waals surface area contributed by atoms with Gasteiger partial charge in [0, 0.05) is 18.1 Å². The number of aromatic nitrogens is 2. The summed E-state index contributed by atoms with van der Waals surface area (Å²) in [5.41, 5.74) is 1.66. The van der Waals surface area contributed by atoms with Gasteiger partial charge in [-0.2, -0.15) is 0 Å². The average Bonchev–Trinajstić information content (AvgIpc) is 2.67. The summed E-state index contributed by atoms with van der Waals surface area (Å²) in [4.78, 5) is 8.61. The van der Waals surface area contributed by atoms with Gasteiger partial charge < -0.3 is 5.32 Å². The smallest absolute Gasteiger partial charge is 0.143 e. The molecule has 0 aliphatic carbocycles. The number of nitrogens with zero attached hydrogens (tertiary/aromatic N) is 2. The maximum Gasteiger partial charge on any atom is 0.143 e. The Morgan fingerprint density at radius 1 is 1.44 bits per heavy atom. The van der Waals surface area contributed by atoms with Crippen molar-refractivity contribution in [1.29, 1.82) is 0 Å². The van der Waals surface area contributed by atoms with Crippen LogP contribution in [0.2, 0.25) is 10.0 Å². The minimum absolute atomic E-state index is 0.526. The molecule has 2 aromatic heterocycles. The summed E-state index contributed by atoms with van der Waals surface area (Å²) in [6, 6.07) is 1.67. The van der Waals surface area contributed by atoms with Crippen molar-refractivity contribution in [3.05, 3.63) is 33.4 Å². The van der Waals surface area contributed by atoms with Crippen LogP contribution in [0.5, 0.6) is 0 Å². The van der Waals surface area contributed by atoms with Gasteiger partial charge in [-0.3, -0.25) is 4.98 Å². The first kappa shape index (κ1) is 11.8. The number of thiazole rings is 1. The van der Waals surface area contributed by atoms with Gasteiger partial charge in [-0.1, -0.05) is 23.2 Å². The van der Waals surface area contributed by atoms with E-state index in [2.05, 4.69) is 15.3 Å². The van der Waals surface area contributed by atoms with Gasteiger partial charge in [-0.15, -0.1) is 11.3 Å². The lowest BCUT2D eigenvalue weighted by Crippen LogP contribution is -2.04. The van der Waals surface area contributed by atoms with Gasteiger partial charge in [-0.25, -0.2) is 4.98 Å². The van der Waals surface area contributed by atoms with E-state index >= 15 is 0 Å². The van der Waals surface area contributed by atoms with Crippen LogP contribution >= 0.6 is 34.5 Å². The third-order valence-electron chi connectivity index (χ3n) is 1.92. The van der Waals surface area contributed by atoms with Gasteiger partial charge in [0.05, 0.1) is 15.7 Å². The SMILES string of the molecule is CNCc1csc(-c2ncc(Cl)cc2Cl)n1. The van der Waals surface area contributed by atoms with Crippen LogP contribution in [0.25, 0.3) is 10.7 Å². The van der Waals surface area contributed by atoms with Crippen molar-refractivity contribution in [3.63, 3.8) is 0 Å². The highest BCUT2D eigenvalue weighted by molar-refractivity contribution is 7.13. The lowest BCUT2D eigenvalue weighted by Gasteiger charge is -1.99. The molecule has 0 saturated heterocycles. The quantitative estimate of drug-likeness (QED) is 0.933. The van der Waals surface area contributed by atoms with Crippen molar-refractivity contribution >= 4 is 34.5 Å². The maximum atomic E-state index is 6.05. The second kappa shape index (κ2) is 5.10. The predicted octanol–water partition coefficient (Wildman–Crippen LogP) is 3.23. The van der Waals surface area contributed by atoms with E-state index in [4.69, 9.17) is 23.2 Å². The van der Waals surface area contributed by atoms with Gasteiger partial charge in [-0.05, 0) is 13.1 Å². The third-order valence-corrected chi connectivity index (χ3v) is 3.31. The Bertz CT molecular complexity index is 499. The van der Waals surface area contributed by atoms with Gasteiger partial charge in [0.25, 0.3) is 0 Å². The summed E-state index contributed by atoms with van der Waals surface area (Å²) < 4.78 is 0. The molecule has 0 fully saturated rings. The molecule has 0 aliphatic heterocycles. The second-order valence-corrected chi connectivity index (χ2v) is 4.86. The highest BCUT2D eigenvalue weighted by Gasteiger charge is 2.10. The maximum absolute atomic E-state index is 6.05. The topological polar surface area (TPSA) is 37.8 Å². The molecule has 2 aromatic rings. The summed E-state index contributed by atoms with van der Waals surface area (Å²) >= 11 is 13.4. The van der Waals surface area contributed by atoms with Crippen LogP contribution < -0.4 is 5.32 Å². The van der Waals surface area contributed by atoms with E-state index in [0.29, 0.717) is 15.7 Å². The van der Waals surface area contributed by atoms with Crippen LogP contribution in [-0.4, -0.2) is 17.0 Å². The number of rotatable bonds is 3. The molecule has 0 radical (unpaired) electrons. The van der Waals surface area contributed by atoms with E-state index in [1.807, 2.05) is 12.4 Å². The molecule has 2 rings (SSSR count). The van der Waals surface area contributed by atoms with Crippen molar-refractivity contribution in [2.45, 2.75) is 6.54 Å². The zero-order valence-electron chi connectivity index (χ0n) is 8.50. The molecule has 0 saturated carbocycles. The molecule has 0 atom stereocenters. The number of hydrogen-bond donors (Lipinski definition) is 1. The summed E-state index contributed by atoms with van der Waals surface area (Å²) in [5, 5.41) is 6.89. The van der Waals surface area contributed by atoms with Crippen LogP contribution in [0.15, 0.2) is 17.6 Å². The average molecular weight is 274 g/mol. The van der Waals surface area contributed by atoms with Gasteiger partial charge >= 0.3 is 0 Å². The van der Waals surface area contributed by atoms with Crippen LogP contribution in [-0.2, 0) is 6.54 Å². The molecule has 3 nitrogen and oxygen atoms in total. The summed E-state index contributed by atoms with van der Waals surface area (Å²) in [7, 11) is 1.88. The Labute approximate surface area is 107 Å². The van der Waals surface area contributed by atoms with Crippen LogP contribution in [0.1, 0.15) is 5.69 Å². The Morgan fingerprint density at radius 2 is 2.25 bits per heavy atom. The van der Waals surface area contributed by atoms with Gasteiger partial charge in [0.15, 0.2) is 0 Å². The van der Waals surface area contributed by atoms with E-state index in [9.17, 15) is 0 Å². The molecule has 0 bridgehead atoms. The molecule has 1 N–H and O–H groups in total. The van der Waals surface area contributed by atoms with Crippen molar-refractivity contribution in [2.75, 3.05) is 7.05 Å². The molecule has 0 spiro atoms. The summed E-state index contributed by atoms with van der Waals surface area (Å²) in [6.45, 7) is 0.738. The molecule has 0 aliphatic rings. The zero-order valence-corrected chi connectivity index (χ0v) is 10.8. The molecular weight excluding hydrogens is 265 g/mol. The summed E-state index contributed by atoms with van der Waals surface area (Å²) in [5.74, 6) is 0. The van der Waals surface area contributed by atoms with Gasteiger partial charge in [0.1, 0.15) is 10.7 Å². The van der Waals surface area contributed by atoms with Crippen LogP contribution in [0.4, 0.5) is 0 Å². The molecule has 0 amide bonds. The highest BCUT2D eigenvalue weighted by atomic mass is 35.5. The van der Waals surface area contributed by atoms with E-state index in [1.165, 1.54) is 11.3 Å². The molecule has 0 aromatic carbocycles. The first-order valence-corrected chi connectivity index (χ1v) is 6.24. The number of hydrogen-bond acceptors (Lipinski definition) is 4. The molecule has 2 heterocycles. The lowest BCUT2D eigenvalue weighted by atomic mass is 10.3. The van der Waals surface area contributed by atoms with Gasteiger partial charge in [0.2, 0.25) is 0 Å². The predicted molar refractivity (Wildman–Crippen MR) is 68.1 cm³/mol. The Hall–Kier alpha value is -0.680. The summed E-state index contributed by atoms with van der Waals surface area (Å²) in [6.07, 6.45) is 1.57. The molecule has 0 unspecified atom stereocenters. The normalized spacial score (nSPS) is 10.7. The highest BCUT2D eigenvalue weighted by Crippen LogP contribution is 2.29. The standard InChI is InChI=1S/C10H9Cl2N3S/c1-13-4-7-5-16-10(15-7)9-8(12)2-6(11)3-14-9/h2-3,5,13H,4H2,1H3. The second-order valence-electron chi connectivity index (χ2n) is 3.16. The zero-order chi connectivity index (χ0) is 11.5. The largest absolute Gasteiger partial charge is 0.314 e. The van der Waals surface area contributed by atoms with Crippen molar-refractivity contribution in [3.8, 4) is 10.7 Å². The van der Waals surface area contributed by atoms with Crippen molar-refractivity contribution in [1.82, 2.24) is 15.3 Å². The molecule has 84 valence electrons. The molecule has 16 heavy (non-hydrogen) atoms. The fraction of sp³-hybridized carbons (Fsp3) is 0.200. The first-order chi connectivity index (χ1) is 7.70. The molecule has 6 heteroatoms. The fourth-order valence-electron chi connectivity index (χ4n) is 1.25. The minimum atomic E-state index is 0.526. The first-order valence-electron chi connectivity index (χ1n) is 4.61. The van der Waals surface area contributed by atoms with E-state index in [0.717, 1.165) is 17.2 Å². The number of halogens is 2. The number of nitrogens with one attached hydrogen (secondary N) is 1. The van der Waals surface area contributed by atoms with E-state index in [1.54, 1.807) is 12.3 Å². The molecular formula is C10H9Cl2N3S. The van der Waals surface area contributed by atoms with E-state index < -0.39 is 0 Å². The van der Waals surface area contributed by atoms with Crippen molar-refractivity contribution in [2.24, 2.45) is 0 Å². The Balaban J connectivity index is 2.35. The Morgan fingerprint density at radius 3 is 2.94 bits per heavy atom. The third kappa shape index (κ3) is 2.52. The number of pyridine rings is 1. The lowest BCUT2D eigenvalue weighted by molar-refractivity contribution is 0.798. The van der Waals surface area contributed by atoms with Crippen molar-refractivity contribution < 1.29 is 0 Å². The van der Waals surface area contributed by atoms with Crippen LogP contribution in [0, 0.1) is 0 Å².